The summed E-state index contributed by atoms with van der Waals surface area (Å²) in [7, 11) is 0. The Hall–Kier alpha value is -0.840. The summed E-state index contributed by atoms with van der Waals surface area (Å²) in [6, 6.07) is 7.88. The van der Waals surface area contributed by atoms with E-state index in [0.717, 1.165) is 9.14 Å². The zero-order chi connectivity index (χ0) is 9.42. The molecule has 0 radical (unpaired) electrons. The summed E-state index contributed by atoms with van der Waals surface area (Å²) in [6.45, 7) is 1.41. The highest BCUT2D eigenvalue weighted by Crippen LogP contribution is 2.44. The molecule has 1 aromatic rings. The highest BCUT2D eigenvalue weighted by Gasteiger charge is 2.25. The molecule has 0 fully saturated rings. The summed E-state index contributed by atoms with van der Waals surface area (Å²) in [4.78, 5) is 10.7. The van der Waals surface area contributed by atoms with Crippen LogP contribution in [0.3, 0.4) is 0 Å². The summed E-state index contributed by atoms with van der Waals surface area (Å²) in [5, 5.41) is 0. The highest BCUT2D eigenvalue weighted by molar-refractivity contribution is 14.1. The molecule has 2 nitrogen and oxygen atoms in total. The van der Waals surface area contributed by atoms with E-state index in [0.29, 0.717) is 5.76 Å². The molecule has 0 saturated heterocycles. The Morgan fingerprint density at radius 2 is 1.92 bits per heavy atom. The first-order valence-electron chi connectivity index (χ1n) is 3.88. The maximum Gasteiger partial charge on any atom is 0.308 e. The van der Waals surface area contributed by atoms with E-state index in [-0.39, 0.29) is 5.97 Å². The van der Waals surface area contributed by atoms with Gasteiger partial charge in [0.1, 0.15) is 0 Å². The van der Waals surface area contributed by atoms with Crippen molar-refractivity contribution in [2.75, 3.05) is 0 Å². The second kappa shape index (κ2) is 3.14. The zero-order valence-electron chi connectivity index (χ0n) is 7.00. The summed E-state index contributed by atoms with van der Waals surface area (Å²) >= 11 is 2.18. The maximum absolute atomic E-state index is 10.7. The van der Waals surface area contributed by atoms with Crippen molar-refractivity contribution in [2.45, 2.75) is 6.92 Å². The molecule has 1 aliphatic carbocycles. The lowest BCUT2D eigenvalue weighted by atomic mass is 9.96. The molecule has 66 valence electrons. The largest absolute Gasteiger partial charge is 0.425 e. The molecule has 0 heterocycles. The highest BCUT2D eigenvalue weighted by atomic mass is 127. The Morgan fingerprint density at radius 1 is 1.31 bits per heavy atom. The van der Waals surface area contributed by atoms with Crippen molar-refractivity contribution in [2.24, 2.45) is 0 Å². The monoisotopic (exact) mass is 286 g/mol. The van der Waals surface area contributed by atoms with Gasteiger partial charge in [-0.2, -0.15) is 0 Å². The predicted octanol–water partition coefficient (Wildman–Crippen LogP) is 2.82. The SMILES string of the molecule is CC(=O)OC1=C(I)c2ccccc21. The van der Waals surface area contributed by atoms with Crippen LogP contribution in [0.1, 0.15) is 18.1 Å². The predicted molar refractivity (Wildman–Crippen MR) is 59.0 cm³/mol. The molecule has 0 saturated carbocycles. The Labute approximate surface area is 89.7 Å². The van der Waals surface area contributed by atoms with Crippen LogP contribution in [0, 0.1) is 0 Å². The van der Waals surface area contributed by atoms with Gasteiger partial charge in [-0.3, -0.25) is 4.79 Å². The standard InChI is InChI=1S/C10H7IO2/c1-6(12)13-10-8-5-3-2-4-7(8)9(10)11/h2-5H,1H3. The third kappa shape index (κ3) is 1.37. The first kappa shape index (κ1) is 8.74. The van der Waals surface area contributed by atoms with E-state index >= 15 is 0 Å². The Morgan fingerprint density at radius 3 is 2.54 bits per heavy atom. The van der Waals surface area contributed by atoms with Gasteiger partial charge in [-0.15, -0.1) is 0 Å². The van der Waals surface area contributed by atoms with Gasteiger partial charge in [0.15, 0.2) is 5.76 Å². The van der Waals surface area contributed by atoms with Crippen molar-refractivity contribution in [3.63, 3.8) is 0 Å². The quantitative estimate of drug-likeness (QED) is 0.586. The van der Waals surface area contributed by atoms with Crippen LogP contribution in [0.4, 0.5) is 0 Å². The van der Waals surface area contributed by atoms with Gasteiger partial charge in [-0.05, 0) is 22.6 Å². The summed E-state index contributed by atoms with van der Waals surface area (Å²) in [5.41, 5.74) is 2.20. The second-order valence-electron chi connectivity index (χ2n) is 2.78. The van der Waals surface area contributed by atoms with Gasteiger partial charge in [-0.1, -0.05) is 24.3 Å². The molecule has 0 aromatic heterocycles. The van der Waals surface area contributed by atoms with Crippen LogP contribution in [-0.4, -0.2) is 5.97 Å². The van der Waals surface area contributed by atoms with Gasteiger partial charge < -0.3 is 4.74 Å². The van der Waals surface area contributed by atoms with E-state index in [9.17, 15) is 4.79 Å². The molecular formula is C10H7IO2. The lowest BCUT2D eigenvalue weighted by Crippen LogP contribution is -2.08. The Balaban J connectivity index is 2.34. The number of hydrogen-bond acceptors (Lipinski definition) is 2. The number of esters is 1. The number of hydrogen-bond donors (Lipinski definition) is 0. The summed E-state index contributed by atoms with van der Waals surface area (Å²) in [6.07, 6.45) is 0. The van der Waals surface area contributed by atoms with Crippen molar-refractivity contribution in [1.29, 1.82) is 0 Å². The maximum atomic E-state index is 10.7. The molecule has 2 rings (SSSR count). The number of rotatable bonds is 1. The third-order valence-electron chi connectivity index (χ3n) is 1.85. The fraction of sp³-hybridized carbons (Fsp3) is 0.100. The van der Waals surface area contributed by atoms with Crippen LogP contribution >= 0.6 is 22.6 Å². The van der Waals surface area contributed by atoms with Gasteiger partial charge >= 0.3 is 5.97 Å². The molecule has 3 heteroatoms. The van der Waals surface area contributed by atoms with Crippen LogP contribution in [0.25, 0.3) is 9.34 Å². The number of fused-ring (bicyclic) bond motifs is 1. The third-order valence-corrected chi connectivity index (χ3v) is 2.92. The minimum absolute atomic E-state index is 0.265. The molecule has 1 aromatic carbocycles. The van der Waals surface area contributed by atoms with E-state index in [1.807, 2.05) is 24.3 Å². The van der Waals surface area contributed by atoms with Gasteiger partial charge in [0.25, 0.3) is 0 Å². The lowest BCUT2D eigenvalue weighted by molar-refractivity contribution is -0.134. The van der Waals surface area contributed by atoms with Gasteiger partial charge in [-0.25, -0.2) is 0 Å². The Bertz CT molecular complexity index is 407. The fourth-order valence-corrected chi connectivity index (χ4v) is 2.17. The zero-order valence-corrected chi connectivity index (χ0v) is 9.16. The number of benzene rings is 1. The van der Waals surface area contributed by atoms with Gasteiger partial charge in [0.05, 0.1) is 3.58 Å². The molecule has 0 unspecified atom stereocenters. The van der Waals surface area contributed by atoms with Crippen molar-refractivity contribution >= 4 is 37.9 Å². The van der Waals surface area contributed by atoms with E-state index in [1.54, 1.807) is 0 Å². The van der Waals surface area contributed by atoms with Crippen LogP contribution < -0.4 is 0 Å². The normalized spacial score (nSPS) is 13.4. The minimum Gasteiger partial charge on any atom is -0.425 e. The van der Waals surface area contributed by atoms with Crippen LogP contribution in [0.15, 0.2) is 24.3 Å². The van der Waals surface area contributed by atoms with E-state index in [4.69, 9.17) is 4.74 Å². The van der Waals surface area contributed by atoms with E-state index in [1.165, 1.54) is 12.5 Å². The Kier molecular flexibility index (Phi) is 2.11. The number of carbonyl (C=O) groups is 1. The van der Waals surface area contributed by atoms with Crippen LogP contribution in [0.2, 0.25) is 0 Å². The molecular weight excluding hydrogens is 279 g/mol. The number of carbonyl (C=O) groups excluding carboxylic acids is 1. The van der Waals surface area contributed by atoms with Crippen LogP contribution in [0.5, 0.6) is 0 Å². The van der Waals surface area contributed by atoms with E-state index in [2.05, 4.69) is 22.6 Å². The first-order chi connectivity index (χ1) is 6.20. The minimum atomic E-state index is -0.265. The number of halogens is 1. The molecule has 0 bridgehead atoms. The van der Waals surface area contributed by atoms with Crippen molar-refractivity contribution in [1.82, 2.24) is 0 Å². The fourth-order valence-electron chi connectivity index (χ4n) is 1.29. The summed E-state index contributed by atoms with van der Waals surface area (Å²) < 4.78 is 6.09. The molecule has 13 heavy (non-hydrogen) atoms. The average molecular weight is 286 g/mol. The van der Waals surface area contributed by atoms with Gasteiger partial charge in [0, 0.05) is 18.1 Å². The molecule has 0 aliphatic heterocycles. The molecule has 0 atom stereocenters. The second-order valence-corrected chi connectivity index (χ2v) is 3.86. The summed E-state index contributed by atoms with van der Waals surface area (Å²) in [5.74, 6) is 0.447. The molecule has 0 amide bonds. The molecule has 0 N–H and O–H groups in total. The lowest BCUT2D eigenvalue weighted by Gasteiger charge is -2.22. The number of ether oxygens (including phenoxy) is 1. The molecule has 1 aliphatic rings. The van der Waals surface area contributed by atoms with Crippen molar-refractivity contribution < 1.29 is 9.53 Å². The van der Waals surface area contributed by atoms with Crippen LogP contribution in [-0.2, 0) is 9.53 Å². The molecule has 0 spiro atoms. The smallest absolute Gasteiger partial charge is 0.308 e. The van der Waals surface area contributed by atoms with Gasteiger partial charge in [0.2, 0.25) is 0 Å². The van der Waals surface area contributed by atoms with E-state index < -0.39 is 0 Å². The van der Waals surface area contributed by atoms with Crippen molar-refractivity contribution in [3.05, 3.63) is 35.4 Å². The topological polar surface area (TPSA) is 26.3 Å². The van der Waals surface area contributed by atoms with Crippen molar-refractivity contribution in [3.8, 4) is 0 Å². The first-order valence-corrected chi connectivity index (χ1v) is 4.96. The average Bonchev–Trinajstić information content (AvgIpc) is 2.13.